The Morgan fingerprint density at radius 3 is 2.44 bits per heavy atom. The summed E-state index contributed by atoms with van der Waals surface area (Å²) in [5.74, 6) is 2.59. The van der Waals surface area contributed by atoms with Crippen LogP contribution in [0.15, 0.2) is 30.3 Å². The molecule has 0 aromatic heterocycles. The lowest BCUT2D eigenvalue weighted by Gasteiger charge is -2.29. The van der Waals surface area contributed by atoms with Gasteiger partial charge in [0.2, 0.25) is 11.8 Å². The van der Waals surface area contributed by atoms with Crippen LogP contribution in [0.2, 0.25) is 0 Å². The number of hydrogen-bond acceptors (Lipinski definition) is 3. The fraction of sp³-hybridized carbons (Fsp3) is 0.545. The van der Waals surface area contributed by atoms with Gasteiger partial charge in [-0.25, -0.2) is 0 Å². The van der Waals surface area contributed by atoms with Crippen molar-refractivity contribution in [2.75, 3.05) is 7.11 Å². The van der Waals surface area contributed by atoms with Gasteiger partial charge in [0.15, 0.2) is 0 Å². The Balaban J connectivity index is 1.45. The third-order valence-electron chi connectivity index (χ3n) is 6.10. The normalized spacial score (nSPS) is 26.0. The van der Waals surface area contributed by atoms with E-state index in [9.17, 15) is 9.59 Å². The molecule has 1 aromatic carbocycles. The number of nitrogens with one attached hydrogen (secondary N) is 2. The van der Waals surface area contributed by atoms with E-state index in [0.717, 1.165) is 23.1 Å². The minimum Gasteiger partial charge on any atom is -0.497 e. The van der Waals surface area contributed by atoms with Crippen molar-refractivity contribution < 1.29 is 14.3 Å². The van der Waals surface area contributed by atoms with Crippen LogP contribution in [0.4, 0.5) is 0 Å². The van der Waals surface area contributed by atoms with Gasteiger partial charge >= 0.3 is 0 Å². The summed E-state index contributed by atoms with van der Waals surface area (Å²) in [5.41, 5.74) is 0.896. The maximum Gasteiger partial charge on any atom is 0.244 e. The van der Waals surface area contributed by atoms with Crippen LogP contribution in [0.3, 0.4) is 0 Å². The van der Waals surface area contributed by atoms with Gasteiger partial charge in [-0.2, -0.15) is 0 Å². The first-order valence-corrected chi connectivity index (χ1v) is 9.89. The quantitative estimate of drug-likeness (QED) is 0.725. The summed E-state index contributed by atoms with van der Waals surface area (Å²) in [6.45, 7) is 3.82. The van der Waals surface area contributed by atoms with E-state index in [4.69, 9.17) is 4.74 Å². The molecule has 0 radical (unpaired) electrons. The number of rotatable bonds is 7. The SMILES string of the molecule is COc1ccc(/C=C/C(=O)NC(C)C(=O)NC(C)C2CC3CCC2C3)cc1. The maximum atomic E-state index is 12.4. The third kappa shape index (κ3) is 4.90. The van der Waals surface area contributed by atoms with Gasteiger partial charge in [0.25, 0.3) is 0 Å². The second kappa shape index (κ2) is 8.59. The van der Waals surface area contributed by atoms with Crippen LogP contribution in [-0.4, -0.2) is 31.0 Å². The highest BCUT2D eigenvalue weighted by Gasteiger charge is 2.42. The largest absolute Gasteiger partial charge is 0.497 e. The molecule has 2 aliphatic rings. The Labute approximate surface area is 161 Å². The summed E-state index contributed by atoms with van der Waals surface area (Å²) in [4.78, 5) is 24.5. The van der Waals surface area contributed by atoms with Crippen LogP contribution in [0, 0.1) is 17.8 Å². The molecule has 146 valence electrons. The number of ether oxygens (including phenoxy) is 1. The molecule has 2 fully saturated rings. The Hall–Kier alpha value is -2.30. The number of fused-ring (bicyclic) bond motifs is 2. The zero-order chi connectivity index (χ0) is 19.4. The van der Waals surface area contributed by atoms with Crippen molar-refractivity contribution in [1.29, 1.82) is 0 Å². The van der Waals surface area contributed by atoms with Gasteiger partial charge < -0.3 is 15.4 Å². The topological polar surface area (TPSA) is 67.4 Å². The molecule has 5 heteroatoms. The molecule has 0 heterocycles. The number of benzene rings is 1. The monoisotopic (exact) mass is 370 g/mol. The van der Waals surface area contributed by atoms with Gasteiger partial charge in [-0.05, 0) is 74.6 Å². The zero-order valence-electron chi connectivity index (χ0n) is 16.4. The molecule has 5 unspecified atom stereocenters. The molecule has 0 spiro atoms. The van der Waals surface area contributed by atoms with E-state index < -0.39 is 6.04 Å². The second-order valence-corrected chi connectivity index (χ2v) is 7.97. The second-order valence-electron chi connectivity index (χ2n) is 7.97. The van der Waals surface area contributed by atoms with Gasteiger partial charge in [-0.15, -0.1) is 0 Å². The number of hydrogen-bond donors (Lipinski definition) is 2. The van der Waals surface area contributed by atoms with Crippen LogP contribution in [0.25, 0.3) is 6.08 Å². The van der Waals surface area contributed by atoms with Crippen molar-refractivity contribution in [3.63, 3.8) is 0 Å². The highest BCUT2D eigenvalue weighted by molar-refractivity contribution is 5.95. The van der Waals surface area contributed by atoms with Crippen LogP contribution in [-0.2, 0) is 9.59 Å². The minimum atomic E-state index is -0.556. The smallest absolute Gasteiger partial charge is 0.244 e. The Morgan fingerprint density at radius 2 is 1.85 bits per heavy atom. The van der Waals surface area contributed by atoms with Gasteiger partial charge in [-0.3, -0.25) is 9.59 Å². The third-order valence-corrected chi connectivity index (χ3v) is 6.10. The highest BCUT2D eigenvalue weighted by Crippen LogP contribution is 2.49. The first-order chi connectivity index (χ1) is 13.0. The first-order valence-electron chi connectivity index (χ1n) is 9.89. The van der Waals surface area contributed by atoms with Crippen LogP contribution in [0.1, 0.15) is 45.1 Å². The predicted octanol–water partition coefficient (Wildman–Crippen LogP) is 3.15. The van der Waals surface area contributed by atoms with Crippen molar-refractivity contribution in [3.05, 3.63) is 35.9 Å². The van der Waals surface area contributed by atoms with Gasteiger partial charge in [0, 0.05) is 12.1 Å². The lowest BCUT2D eigenvalue weighted by molar-refractivity contribution is -0.127. The van der Waals surface area contributed by atoms with Gasteiger partial charge in [0.05, 0.1) is 7.11 Å². The van der Waals surface area contributed by atoms with Crippen molar-refractivity contribution >= 4 is 17.9 Å². The van der Waals surface area contributed by atoms with Crippen molar-refractivity contribution in [2.45, 2.75) is 51.6 Å². The molecular weight excluding hydrogens is 340 g/mol. The predicted molar refractivity (Wildman–Crippen MR) is 106 cm³/mol. The van der Waals surface area contributed by atoms with E-state index in [-0.39, 0.29) is 17.9 Å². The molecule has 5 atom stereocenters. The number of carbonyl (C=O) groups excluding carboxylic acids is 2. The summed E-state index contributed by atoms with van der Waals surface area (Å²) < 4.78 is 5.11. The van der Waals surface area contributed by atoms with Crippen LogP contribution >= 0.6 is 0 Å². The molecule has 3 rings (SSSR count). The average molecular weight is 370 g/mol. The van der Waals surface area contributed by atoms with Crippen molar-refractivity contribution in [3.8, 4) is 5.75 Å². The first kappa shape index (κ1) is 19.5. The lowest BCUT2D eigenvalue weighted by Crippen LogP contribution is -2.49. The summed E-state index contributed by atoms with van der Waals surface area (Å²) in [5, 5.41) is 5.85. The molecule has 2 bridgehead atoms. The lowest BCUT2D eigenvalue weighted by atomic mass is 9.84. The zero-order valence-corrected chi connectivity index (χ0v) is 16.4. The standard InChI is InChI=1S/C22H30N2O3/c1-14(20-13-17-4-8-18(20)12-17)24-22(26)15(2)23-21(25)11-7-16-5-9-19(27-3)10-6-16/h5-7,9-11,14-15,17-18,20H,4,8,12-13H2,1-3H3,(H,23,25)(H,24,26)/b11-7+. The van der Waals surface area contributed by atoms with Crippen molar-refractivity contribution in [1.82, 2.24) is 10.6 Å². The molecule has 2 aliphatic carbocycles. The fourth-order valence-corrected chi connectivity index (χ4v) is 4.58. The molecule has 2 N–H and O–H groups in total. The van der Waals surface area contributed by atoms with E-state index >= 15 is 0 Å². The number of amides is 2. The molecule has 27 heavy (non-hydrogen) atoms. The molecule has 2 saturated carbocycles. The fourth-order valence-electron chi connectivity index (χ4n) is 4.58. The molecule has 0 saturated heterocycles. The van der Waals surface area contributed by atoms with Crippen LogP contribution < -0.4 is 15.4 Å². The Bertz CT molecular complexity index is 698. The van der Waals surface area contributed by atoms with Crippen molar-refractivity contribution in [2.24, 2.45) is 17.8 Å². The molecule has 5 nitrogen and oxygen atoms in total. The maximum absolute atomic E-state index is 12.4. The highest BCUT2D eigenvalue weighted by atomic mass is 16.5. The number of methoxy groups -OCH3 is 1. The van der Waals surface area contributed by atoms with E-state index in [1.165, 1.54) is 31.8 Å². The van der Waals surface area contributed by atoms with E-state index in [1.807, 2.05) is 24.3 Å². The molecular formula is C22H30N2O3. The minimum absolute atomic E-state index is 0.114. The van der Waals surface area contributed by atoms with Gasteiger partial charge in [-0.1, -0.05) is 18.6 Å². The average Bonchev–Trinajstić information content (AvgIpc) is 3.30. The summed E-state index contributed by atoms with van der Waals surface area (Å²) in [6.07, 6.45) is 8.39. The van der Waals surface area contributed by atoms with E-state index in [0.29, 0.717) is 5.92 Å². The van der Waals surface area contributed by atoms with Gasteiger partial charge in [0.1, 0.15) is 11.8 Å². The van der Waals surface area contributed by atoms with E-state index in [2.05, 4.69) is 17.6 Å². The molecule has 0 aliphatic heterocycles. The van der Waals surface area contributed by atoms with E-state index in [1.54, 1.807) is 20.1 Å². The Morgan fingerprint density at radius 1 is 1.11 bits per heavy atom. The Kier molecular flexibility index (Phi) is 6.19. The molecule has 1 aromatic rings. The molecule has 2 amide bonds. The summed E-state index contributed by atoms with van der Waals surface area (Å²) in [7, 11) is 1.61. The van der Waals surface area contributed by atoms with Crippen LogP contribution in [0.5, 0.6) is 5.75 Å². The number of carbonyl (C=O) groups is 2. The summed E-state index contributed by atoms with van der Waals surface area (Å²) in [6, 6.07) is 7.03. The summed E-state index contributed by atoms with van der Waals surface area (Å²) >= 11 is 0.